The Kier molecular flexibility index (Phi) is 8.83. The van der Waals surface area contributed by atoms with E-state index >= 15 is 0 Å². The number of aromatic amines is 1. The third kappa shape index (κ3) is 6.62. The quantitative estimate of drug-likeness (QED) is 0.169. The average Bonchev–Trinajstić information content (AvgIpc) is 3.53. The van der Waals surface area contributed by atoms with Crippen LogP contribution in [-0.2, 0) is 17.9 Å². The molecular formula is C36H42N8O2S. The van der Waals surface area contributed by atoms with Crippen molar-refractivity contribution < 1.29 is 9.53 Å². The van der Waals surface area contributed by atoms with Crippen LogP contribution in [0.4, 0.5) is 17.3 Å². The van der Waals surface area contributed by atoms with Crippen LogP contribution in [0.1, 0.15) is 35.1 Å². The van der Waals surface area contributed by atoms with Crippen molar-refractivity contribution in [3.05, 3.63) is 95.3 Å². The summed E-state index contributed by atoms with van der Waals surface area (Å²) in [6, 6.07) is 21.5. The Morgan fingerprint density at radius 1 is 0.915 bits per heavy atom. The average molecular weight is 651 g/mol. The van der Waals surface area contributed by atoms with Crippen LogP contribution in [0, 0.1) is 0 Å². The second-order valence-electron chi connectivity index (χ2n) is 12.5. The van der Waals surface area contributed by atoms with Gasteiger partial charge in [-0.05, 0) is 71.0 Å². The number of carbonyl (C=O) groups excluding carboxylic acids is 1. The normalized spacial score (nSPS) is 13.8. The standard InChI is InChI=1S/C36H42N8O2S/c1-43(2)25-14-16-28-27(29-17-15-26(44(3)4)19-31(29)47(5,6)30(28)18-25)8-7-9-32(45)38-20-23-10-12-24(13-11-23)21-46-35-33-34(40-22-39-33)41-36(37)42-35/h8,10-19,22H,7,9,20-21H2,1-6H3,(H,38,45)(H3,37,39,40,41,42). The number of aromatic nitrogens is 4. The Morgan fingerprint density at radius 2 is 1.53 bits per heavy atom. The van der Waals surface area contributed by atoms with E-state index in [0.717, 1.165) is 11.1 Å². The lowest BCUT2D eigenvalue weighted by Crippen LogP contribution is -2.22. The third-order valence-corrected chi connectivity index (χ3v) is 11.4. The molecule has 1 aliphatic rings. The summed E-state index contributed by atoms with van der Waals surface area (Å²) in [7, 11) is 7.08. The first kappa shape index (κ1) is 31.9. The molecular weight excluding hydrogens is 609 g/mol. The van der Waals surface area contributed by atoms with Crippen molar-refractivity contribution >= 4 is 50.0 Å². The number of ether oxygens (including phenoxy) is 1. The van der Waals surface area contributed by atoms with E-state index in [9.17, 15) is 4.79 Å². The second-order valence-corrected chi connectivity index (χ2v) is 16.0. The number of fused-ring (bicyclic) bond motifs is 3. The lowest BCUT2D eigenvalue weighted by Gasteiger charge is -2.42. The zero-order valence-corrected chi connectivity index (χ0v) is 28.6. The monoisotopic (exact) mass is 650 g/mol. The molecule has 47 heavy (non-hydrogen) atoms. The minimum Gasteiger partial charge on any atom is -0.471 e. The van der Waals surface area contributed by atoms with Crippen LogP contribution in [0.15, 0.2) is 82.9 Å². The first-order chi connectivity index (χ1) is 22.5. The van der Waals surface area contributed by atoms with Gasteiger partial charge in [0.1, 0.15) is 12.1 Å². The van der Waals surface area contributed by atoms with Gasteiger partial charge in [0.2, 0.25) is 17.7 Å². The number of hydrogen-bond acceptors (Lipinski definition) is 8. The highest BCUT2D eigenvalue weighted by molar-refractivity contribution is 8.32. The van der Waals surface area contributed by atoms with E-state index in [0.29, 0.717) is 43.0 Å². The molecule has 244 valence electrons. The molecule has 0 saturated carbocycles. The minimum absolute atomic E-state index is 0.0207. The molecule has 3 aromatic carbocycles. The largest absolute Gasteiger partial charge is 0.471 e. The predicted octanol–water partition coefficient (Wildman–Crippen LogP) is 5.97. The zero-order valence-electron chi connectivity index (χ0n) is 27.8. The smallest absolute Gasteiger partial charge is 0.245 e. The highest BCUT2D eigenvalue weighted by Crippen LogP contribution is 2.65. The Hall–Kier alpha value is -5.03. The highest BCUT2D eigenvalue weighted by atomic mass is 32.3. The fraction of sp³-hybridized carbons (Fsp3) is 0.278. The van der Waals surface area contributed by atoms with E-state index in [4.69, 9.17) is 10.5 Å². The van der Waals surface area contributed by atoms with Gasteiger partial charge in [0.05, 0.1) is 6.33 Å². The molecule has 0 spiro atoms. The number of hydrogen-bond donors (Lipinski definition) is 3. The van der Waals surface area contributed by atoms with Gasteiger partial charge in [-0.3, -0.25) is 4.79 Å². The van der Waals surface area contributed by atoms with Crippen molar-refractivity contribution in [2.24, 2.45) is 0 Å². The molecule has 4 N–H and O–H groups in total. The molecule has 0 atom stereocenters. The van der Waals surface area contributed by atoms with E-state index < -0.39 is 10.0 Å². The molecule has 11 heteroatoms. The van der Waals surface area contributed by atoms with Gasteiger partial charge in [0.15, 0.2) is 5.65 Å². The van der Waals surface area contributed by atoms with Crippen LogP contribution in [0.3, 0.4) is 0 Å². The van der Waals surface area contributed by atoms with E-state index in [-0.39, 0.29) is 11.9 Å². The second kappa shape index (κ2) is 13.0. The fourth-order valence-electron chi connectivity index (χ4n) is 5.82. The van der Waals surface area contributed by atoms with Crippen LogP contribution in [-0.4, -0.2) is 66.5 Å². The SMILES string of the molecule is CN(C)c1ccc2c(c1)S(C)(C)c1cc(N(C)C)ccc1C2=CCCC(=O)NCc1ccc(COc2nc(N)nc3nc[nH]c23)cc1. The molecule has 1 amide bonds. The molecule has 0 bridgehead atoms. The molecule has 6 rings (SSSR count). The van der Waals surface area contributed by atoms with Gasteiger partial charge in [-0.2, -0.15) is 20.0 Å². The number of nitrogens with zero attached hydrogens (tertiary/aromatic N) is 5. The van der Waals surface area contributed by atoms with Crippen molar-refractivity contribution in [1.29, 1.82) is 0 Å². The topological polar surface area (TPSA) is 125 Å². The zero-order chi connectivity index (χ0) is 33.3. The Morgan fingerprint density at radius 3 is 2.15 bits per heavy atom. The highest BCUT2D eigenvalue weighted by Gasteiger charge is 2.32. The summed E-state index contributed by atoms with van der Waals surface area (Å²) >= 11 is 0. The first-order valence-electron chi connectivity index (χ1n) is 15.5. The lowest BCUT2D eigenvalue weighted by atomic mass is 9.95. The van der Waals surface area contributed by atoms with Crippen LogP contribution in [0.5, 0.6) is 5.88 Å². The van der Waals surface area contributed by atoms with Gasteiger partial charge in [0.25, 0.3) is 0 Å². The Balaban J connectivity index is 1.10. The Bertz CT molecular complexity index is 1900. The van der Waals surface area contributed by atoms with Gasteiger partial charge in [0, 0.05) is 62.3 Å². The van der Waals surface area contributed by atoms with Crippen LogP contribution >= 0.6 is 10.0 Å². The van der Waals surface area contributed by atoms with Crippen molar-refractivity contribution in [3.8, 4) is 5.88 Å². The lowest BCUT2D eigenvalue weighted by molar-refractivity contribution is -0.121. The van der Waals surface area contributed by atoms with E-state index in [1.54, 1.807) is 0 Å². The molecule has 2 aromatic heterocycles. The fourth-order valence-corrected chi connectivity index (χ4v) is 8.34. The molecule has 3 heterocycles. The number of carbonyl (C=O) groups is 1. The first-order valence-corrected chi connectivity index (χ1v) is 18.0. The summed E-state index contributed by atoms with van der Waals surface area (Å²) in [6.45, 7) is 0.765. The van der Waals surface area contributed by atoms with Crippen molar-refractivity contribution in [3.63, 3.8) is 0 Å². The summed E-state index contributed by atoms with van der Waals surface area (Å²) in [6.07, 6.45) is 9.61. The van der Waals surface area contributed by atoms with Gasteiger partial charge < -0.3 is 30.6 Å². The number of amides is 1. The minimum atomic E-state index is -1.25. The third-order valence-electron chi connectivity index (χ3n) is 8.52. The number of rotatable bonds is 10. The van der Waals surface area contributed by atoms with Crippen molar-refractivity contribution in [2.75, 3.05) is 56.2 Å². The molecule has 0 saturated heterocycles. The van der Waals surface area contributed by atoms with Crippen LogP contribution in [0.25, 0.3) is 16.7 Å². The molecule has 0 radical (unpaired) electrons. The summed E-state index contributed by atoms with van der Waals surface area (Å²) in [5.74, 6) is 0.489. The summed E-state index contributed by atoms with van der Waals surface area (Å²) in [5.41, 5.74) is 15.0. The van der Waals surface area contributed by atoms with Crippen LogP contribution < -0.4 is 25.6 Å². The number of anilines is 3. The maximum absolute atomic E-state index is 12.9. The number of nitrogens with two attached hydrogens (primary N) is 1. The van der Waals surface area contributed by atoms with E-state index in [1.807, 2.05) is 24.3 Å². The maximum Gasteiger partial charge on any atom is 0.245 e. The van der Waals surface area contributed by atoms with E-state index in [2.05, 4.69) is 118 Å². The number of allylic oxidation sites excluding steroid dienone is 1. The number of imidazole rings is 1. The molecule has 0 unspecified atom stereocenters. The molecule has 0 fully saturated rings. The number of benzene rings is 3. The van der Waals surface area contributed by atoms with E-state index in [1.165, 1.54) is 44.2 Å². The number of nitrogen functional groups attached to an aromatic ring is 1. The van der Waals surface area contributed by atoms with Crippen molar-refractivity contribution in [1.82, 2.24) is 25.3 Å². The molecule has 5 aromatic rings. The number of nitrogens with one attached hydrogen (secondary N) is 2. The maximum atomic E-state index is 12.9. The summed E-state index contributed by atoms with van der Waals surface area (Å²) in [5, 5.41) is 3.08. The molecule has 10 nitrogen and oxygen atoms in total. The van der Waals surface area contributed by atoms with Gasteiger partial charge in [-0.15, -0.1) is 0 Å². The van der Waals surface area contributed by atoms with Gasteiger partial charge in [-0.25, -0.2) is 4.98 Å². The molecule has 1 aliphatic heterocycles. The van der Waals surface area contributed by atoms with Gasteiger partial charge in [-0.1, -0.05) is 42.5 Å². The summed E-state index contributed by atoms with van der Waals surface area (Å²) in [4.78, 5) is 35.4. The number of H-pyrrole nitrogens is 1. The Labute approximate surface area is 277 Å². The van der Waals surface area contributed by atoms with Crippen LogP contribution in [0.2, 0.25) is 0 Å². The van der Waals surface area contributed by atoms with Gasteiger partial charge >= 0.3 is 0 Å². The molecule has 0 aliphatic carbocycles. The van der Waals surface area contributed by atoms with Crippen molar-refractivity contribution in [2.45, 2.75) is 35.8 Å². The summed E-state index contributed by atoms with van der Waals surface area (Å²) < 4.78 is 5.88. The predicted molar refractivity (Wildman–Crippen MR) is 193 cm³/mol.